The Morgan fingerprint density at radius 3 is 2.77 bits per heavy atom. The van der Waals surface area contributed by atoms with Gasteiger partial charge in [0.1, 0.15) is 23.8 Å². The Labute approximate surface area is 209 Å². The summed E-state index contributed by atoms with van der Waals surface area (Å²) in [6, 6.07) is 14.3. The van der Waals surface area contributed by atoms with E-state index in [1.807, 2.05) is 43.9 Å². The summed E-state index contributed by atoms with van der Waals surface area (Å²) in [5, 5.41) is 2.85. The number of fused-ring (bicyclic) bond motifs is 6. The number of aromatic amines is 1. The number of amides is 1. The van der Waals surface area contributed by atoms with Gasteiger partial charge in [0.25, 0.3) is 0 Å². The van der Waals surface area contributed by atoms with E-state index in [4.69, 9.17) is 26.1 Å². The van der Waals surface area contributed by atoms with Gasteiger partial charge in [-0.15, -0.1) is 0 Å². The van der Waals surface area contributed by atoms with Crippen LogP contribution in [0.15, 0.2) is 42.5 Å². The Bertz CT molecular complexity index is 1490. The van der Waals surface area contributed by atoms with Crippen molar-refractivity contribution in [1.29, 1.82) is 0 Å². The van der Waals surface area contributed by atoms with Crippen molar-refractivity contribution in [2.45, 2.75) is 64.8 Å². The minimum absolute atomic E-state index is 0.0950. The van der Waals surface area contributed by atoms with Crippen LogP contribution in [0.5, 0.6) is 5.75 Å². The van der Waals surface area contributed by atoms with Crippen LogP contribution in [0.2, 0.25) is 5.02 Å². The molecule has 1 fully saturated rings. The molecule has 1 amide bonds. The normalized spacial score (nSPS) is 19.5. The molecule has 3 aromatic carbocycles. The molecule has 1 aromatic heterocycles. The maximum absolute atomic E-state index is 13.0. The lowest BCUT2D eigenvalue weighted by Gasteiger charge is -2.30. The molecule has 2 atom stereocenters. The third kappa shape index (κ3) is 3.80. The number of rotatable bonds is 1. The zero-order chi connectivity index (χ0) is 24.5. The summed E-state index contributed by atoms with van der Waals surface area (Å²) in [4.78, 5) is 23.4. The number of ether oxygens (including phenoxy) is 2. The summed E-state index contributed by atoms with van der Waals surface area (Å²) < 4.78 is 11.7. The fraction of sp³-hybridized carbons (Fsp3) is 0.357. The van der Waals surface area contributed by atoms with Crippen LogP contribution < -0.4 is 4.74 Å². The van der Waals surface area contributed by atoms with Gasteiger partial charge >= 0.3 is 6.09 Å². The van der Waals surface area contributed by atoms with Crippen molar-refractivity contribution in [3.05, 3.63) is 58.9 Å². The second-order valence-corrected chi connectivity index (χ2v) is 11.0. The lowest BCUT2D eigenvalue weighted by molar-refractivity contribution is 0.0152. The van der Waals surface area contributed by atoms with E-state index in [-0.39, 0.29) is 18.2 Å². The first-order chi connectivity index (χ1) is 16.7. The van der Waals surface area contributed by atoms with Crippen LogP contribution in [0.1, 0.15) is 58.0 Å². The number of H-pyrrole nitrogens is 1. The van der Waals surface area contributed by atoms with Crippen LogP contribution in [0.25, 0.3) is 32.9 Å². The third-order valence-corrected chi connectivity index (χ3v) is 7.15. The Morgan fingerprint density at radius 1 is 1.14 bits per heavy atom. The summed E-state index contributed by atoms with van der Waals surface area (Å²) in [7, 11) is 0. The van der Waals surface area contributed by atoms with E-state index in [2.05, 4.69) is 36.2 Å². The molecule has 35 heavy (non-hydrogen) atoms. The number of hydrogen-bond donors (Lipinski definition) is 1. The molecule has 0 bridgehead atoms. The highest BCUT2D eigenvalue weighted by atomic mass is 35.5. The fourth-order valence-electron chi connectivity index (χ4n) is 5.31. The highest BCUT2D eigenvalue weighted by Crippen LogP contribution is 2.42. The highest BCUT2D eigenvalue weighted by molar-refractivity contribution is 6.30. The van der Waals surface area contributed by atoms with Crippen LogP contribution in [-0.4, -0.2) is 32.6 Å². The van der Waals surface area contributed by atoms with Crippen molar-refractivity contribution in [2.24, 2.45) is 0 Å². The van der Waals surface area contributed by atoms with Gasteiger partial charge in [-0.2, -0.15) is 0 Å². The number of halogens is 1. The molecule has 6 nitrogen and oxygen atoms in total. The predicted molar refractivity (Wildman–Crippen MR) is 138 cm³/mol. The first kappa shape index (κ1) is 22.2. The third-order valence-electron chi connectivity index (χ3n) is 6.92. The summed E-state index contributed by atoms with van der Waals surface area (Å²) in [5.41, 5.74) is 4.65. The lowest BCUT2D eigenvalue weighted by atomic mass is 9.93. The summed E-state index contributed by atoms with van der Waals surface area (Å²) >= 11 is 6.17. The number of carbonyl (C=O) groups excluding carboxylic acids is 1. The van der Waals surface area contributed by atoms with E-state index in [0.29, 0.717) is 11.6 Å². The Morgan fingerprint density at radius 2 is 1.97 bits per heavy atom. The lowest BCUT2D eigenvalue weighted by Crippen LogP contribution is -2.40. The summed E-state index contributed by atoms with van der Waals surface area (Å²) in [6.07, 6.45) is 1.47. The number of hydrogen-bond acceptors (Lipinski definition) is 4. The van der Waals surface area contributed by atoms with Crippen molar-refractivity contribution in [2.75, 3.05) is 0 Å². The van der Waals surface area contributed by atoms with Crippen LogP contribution in [0.4, 0.5) is 4.79 Å². The molecule has 2 aliphatic rings. The Kier molecular flexibility index (Phi) is 5.01. The van der Waals surface area contributed by atoms with Crippen LogP contribution in [-0.2, 0) is 11.3 Å². The SMILES string of the molecule is C[C@H]1CC[C@@H](c2nc3c(ccc4cc5c(cc43)COc3cc(Cl)ccc3-5)[nH]2)N1C(=O)OC(C)(C)C. The molecule has 1 saturated heterocycles. The topological polar surface area (TPSA) is 67.5 Å². The van der Waals surface area contributed by atoms with Crippen molar-refractivity contribution in [3.8, 4) is 16.9 Å². The number of benzene rings is 3. The van der Waals surface area contributed by atoms with Gasteiger partial charge < -0.3 is 14.5 Å². The first-order valence-corrected chi connectivity index (χ1v) is 12.4. The second-order valence-electron chi connectivity index (χ2n) is 10.6. The molecule has 0 aliphatic carbocycles. The zero-order valence-corrected chi connectivity index (χ0v) is 21.1. The number of likely N-dealkylation sites (tertiary alicyclic amines) is 1. The predicted octanol–water partition coefficient (Wildman–Crippen LogP) is 7.39. The van der Waals surface area contributed by atoms with Gasteiger partial charge in [-0.05, 0) is 93.4 Å². The molecule has 0 radical (unpaired) electrons. The van der Waals surface area contributed by atoms with Gasteiger partial charge in [-0.25, -0.2) is 9.78 Å². The fourth-order valence-corrected chi connectivity index (χ4v) is 5.47. The van der Waals surface area contributed by atoms with Crippen molar-refractivity contribution < 1.29 is 14.3 Å². The largest absolute Gasteiger partial charge is 0.488 e. The molecule has 4 aromatic rings. The number of carbonyl (C=O) groups is 1. The van der Waals surface area contributed by atoms with E-state index in [9.17, 15) is 4.79 Å². The summed E-state index contributed by atoms with van der Waals surface area (Å²) in [6.45, 7) is 8.24. The number of nitrogens with zero attached hydrogens (tertiary/aromatic N) is 2. The quantitative estimate of drug-likeness (QED) is 0.302. The van der Waals surface area contributed by atoms with Crippen LogP contribution >= 0.6 is 11.6 Å². The second kappa shape index (κ2) is 7.89. The van der Waals surface area contributed by atoms with E-state index < -0.39 is 5.60 Å². The maximum atomic E-state index is 13.0. The molecule has 2 aliphatic heterocycles. The molecule has 180 valence electrons. The van der Waals surface area contributed by atoms with Gasteiger partial charge in [0.2, 0.25) is 0 Å². The van der Waals surface area contributed by atoms with Gasteiger partial charge in [0, 0.05) is 22.0 Å². The van der Waals surface area contributed by atoms with E-state index in [1.54, 1.807) is 0 Å². The zero-order valence-electron chi connectivity index (χ0n) is 20.3. The van der Waals surface area contributed by atoms with Gasteiger partial charge in [0.15, 0.2) is 0 Å². The average molecular weight is 490 g/mol. The molecule has 0 unspecified atom stereocenters. The van der Waals surface area contributed by atoms with E-state index >= 15 is 0 Å². The summed E-state index contributed by atoms with van der Waals surface area (Å²) in [5.74, 6) is 1.61. The van der Waals surface area contributed by atoms with Crippen LogP contribution in [0.3, 0.4) is 0 Å². The molecular weight excluding hydrogens is 462 g/mol. The van der Waals surface area contributed by atoms with Crippen LogP contribution in [0, 0.1) is 0 Å². The molecule has 7 heteroatoms. The van der Waals surface area contributed by atoms with Crippen molar-refractivity contribution >= 4 is 39.5 Å². The van der Waals surface area contributed by atoms with Gasteiger partial charge in [-0.3, -0.25) is 4.90 Å². The number of imidazole rings is 1. The average Bonchev–Trinajstić information content (AvgIpc) is 3.40. The van der Waals surface area contributed by atoms with Gasteiger partial charge in [0.05, 0.1) is 17.1 Å². The smallest absolute Gasteiger partial charge is 0.411 e. The van der Waals surface area contributed by atoms with Crippen molar-refractivity contribution in [3.63, 3.8) is 0 Å². The molecule has 6 rings (SSSR count). The Balaban J connectivity index is 1.42. The minimum Gasteiger partial charge on any atom is -0.488 e. The van der Waals surface area contributed by atoms with E-state index in [1.165, 1.54) is 0 Å². The number of aromatic nitrogens is 2. The molecule has 3 heterocycles. The molecular formula is C28H28ClN3O3. The first-order valence-electron chi connectivity index (χ1n) is 12.1. The molecule has 0 saturated carbocycles. The van der Waals surface area contributed by atoms with E-state index in [0.717, 1.165) is 62.9 Å². The Hall–Kier alpha value is -3.25. The molecule has 0 spiro atoms. The maximum Gasteiger partial charge on any atom is 0.411 e. The highest BCUT2D eigenvalue weighted by Gasteiger charge is 2.39. The van der Waals surface area contributed by atoms with Gasteiger partial charge in [-0.1, -0.05) is 17.7 Å². The monoisotopic (exact) mass is 489 g/mol. The number of nitrogens with one attached hydrogen (secondary N) is 1. The standard InChI is InChI=1S/C28H28ClN3O3/c1-15-5-10-23(32(15)27(33)35-28(2,3)4)26-30-22-9-6-16-11-20-17(12-21(16)25(22)31-26)14-34-24-13-18(29)7-8-19(20)24/h6-9,11-13,15,23H,5,10,14H2,1-4H3,(H,30,31)/t15-,23-/m0/s1. The van der Waals surface area contributed by atoms with Crippen molar-refractivity contribution in [1.82, 2.24) is 14.9 Å². The molecule has 1 N–H and O–H groups in total. The minimum atomic E-state index is -0.543.